The molecule has 1 spiro atoms. The van der Waals surface area contributed by atoms with Crippen LogP contribution in [0.1, 0.15) is 75.5 Å². The average molecular weight is 820 g/mol. The van der Waals surface area contributed by atoms with E-state index in [1.165, 1.54) is 83.5 Å². The van der Waals surface area contributed by atoms with Crippen LogP contribution in [0.5, 0.6) is 0 Å². The van der Waals surface area contributed by atoms with Gasteiger partial charge in [0, 0.05) is 23.0 Å². The van der Waals surface area contributed by atoms with Crippen molar-refractivity contribution in [3.8, 4) is 56.2 Å². The quantitative estimate of drug-likeness (QED) is 0.161. The van der Waals surface area contributed by atoms with E-state index in [1.54, 1.807) is 0 Å². The summed E-state index contributed by atoms with van der Waals surface area (Å²) in [4.78, 5) is 15.9. The molecule has 2 unspecified atom stereocenters. The van der Waals surface area contributed by atoms with Gasteiger partial charge in [-0.25, -0.2) is 15.0 Å². The standard InChI is InChI=1S/C61H45N3/c1-39-33-34-46(45-26-18-25-44(37-45)41-19-6-3-7-20-41)38-51(39)49-35-36-55-57(50-29-14-17-32-54(50)61(55)52-30-15-12-27-47(52)48-28-13-16-31-53(48)61)56(49)40(2)58-62-59(42-21-8-4-9-22-42)64-60(63-58)43-23-10-5-11-24-43/h3-36,38,40,45H,37H2,1-2H3. The molecule has 9 aromatic rings. The lowest BCUT2D eigenvalue weighted by Gasteiger charge is -2.31. The van der Waals surface area contributed by atoms with E-state index in [2.05, 4.69) is 214 Å². The Hall–Kier alpha value is -7.75. The number of fused-ring (bicyclic) bond motifs is 10. The lowest BCUT2D eigenvalue weighted by Crippen LogP contribution is -2.26. The molecule has 0 N–H and O–H groups in total. The molecule has 3 aliphatic carbocycles. The minimum atomic E-state index is -0.487. The topological polar surface area (TPSA) is 38.7 Å². The van der Waals surface area contributed by atoms with Gasteiger partial charge in [-0.2, -0.15) is 0 Å². The fourth-order valence-electron chi connectivity index (χ4n) is 11.0. The SMILES string of the molecule is Cc1ccc(C2C=CC=C(c3ccccc3)C2)cc1-c1ccc2c(c1C(C)c1nc(-c3ccccc3)nc(-c3ccccc3)n1)-c1ccccc1C21c2ccccc2-c2ccccc21. The Bertz CT molecular complexity index is 3220. The molecule has 12 rings (SSSR count). The number of aromatic nitrogens is 3. The molecule has 0 fully saturated rings. The fraction of sp³-hybridized carbons (Fsp3) is 0.0984. The monoisotopic (exact) mass is 819 g/mol. The van der Waals surface area contributed by atoms with Gasteiger partial charge in [0.25, 0.3) is 0 Å². The number of benzene rings is 8. The van der Waals surface area contributed by atoms with E-state index in [1.807, 2.05) is 12.1 Å². The third kappa shape index (κ3) is 5.92. The van der Waals surface area contributed by atoms with E-state index in [9.17, 15) is 0 Å². The van der Waals surface area contributed by atoms with Crippen LogP contribution in [0.25, 0.3) is 61.7 Å². The van der Waals surface area contributed by atoms with Gasteiger partial charge in [0.05, 0.1) is 5.41 Å². The summed E-state index contributed by atoms with van der Waals surface area (Å²) in [6, 6.07) is 70.6. The van der Waals surface area contributed by atoms with Gasteiger partial charge < -0.3 is 0 Å². The number of allylic oxidation sites excluding steroid dienone is 4. The van der Waals surface area contributed by atoms with Crippen molar-refractivity contribution in [2.75, 3.05) is 0 Å². The molecule has 0 saturated heterocycles. The normalized spacial score (nSPS) is 15.5. The number of aryl methyl sites for hydroxylation is 1. The number of hydrogen-bond donors (Lipinski definition) is 0. The first-order chi connectivity index (χ1) is 31.6. The molecule has 8 aromatic carbocycles. The second kappa shape index (κ2) is 15.3. The zero-order chi connectivity index (χ0) is 42.8. The van der Waals surface area contributed by atoms with Crippen LogP contribution in [-0.2, 0) is 5.41 Å². The van der Waals surface area contributed by atoms with Crippen LogP contribution in [-0.4, -0.2) is 15.0 Å². The van der Waals surface area contributed by atoms with E-state index in [-0.39, 0.29) is 11.8 Å². The van der Waals surface area contributed by atoms with Crippen molar-refractivity contribution < 1.29 is 0 Å². The average Bonchev–Trinajstić information content (AvgIpc) is 3.84. The smallest absolute Gasteiger partial charge is 0.163 e. The second-order valence-corrected chi connectivity index (χ2v) is 17.5. The summed E-state index contributed by atoms with van der Waals surface area (Å²) in [6.45, 7) is 4.57. The van der Waals surface area contributed by atoms with Crippen LogP contribution in [0.2, 0.25) is 0 Å². The van der Waals surface area contributed by atoms with Crippen molar-refractivity contribution in [1.29, 1.82) is 0 Å². The van der Waals surface area contributed by atoms with E-state index in [0.717, 1.165) is 23.4 Å². The first-order valence-corrected chi connectivity index (χ1v) is 22.4. The van der Waals surface area contributed by atoms with Gasteiger partial charge in [-0.3, -0.25) is 0 Å². The number of nitrogens with zero attached hydrogens (tertiary/aromatic N) is 3. The molecule has 3 heteroatoms. The molecular weight excluding hydrogens is 775 g/mol. The summed E-state index contributed by atoms with van der Waals surface area (Å²) in [7, 11) is 0. The highest BCUT2D eigenvalue weighted by atomic mass is 15.0. The first kappa shape index (κ1) is 38.0. The van der Waals surface area contributed by atoms with Crippen LogP contribution in [0.15, 0.2) is 212 Å². The van der Waals surface area contributed by atoms with Crippen molar-refractivity contribution in [1.82, 2.24) is 15.0 Å². The molecule has 2 atom stereocenters. The predicted octanol–water partition coefficient (Wildman–Crippen LogP) is 14.8. The van der Waals surface area contributed by atoms with Gasteiger partial charge in [-0.1, -0.05) is 219 Å². The number of rotatable bonds is 7. The molecule has 3 aliphatic rings. The summed E-state index contributed by atoms with van der Waals surface area (Å²) in [5, 5.41) is 0. The highest BCUT2D eigenvalue weighted by molar-refractivity contribution is 5.98. The third-order valence-corrected chi connectivity index (χ3v) is 13.9. The first-order valence-electron chi connectivity index (χ1n) is 22.4. The van der Waals surface area contributed by atoms with Gasteiger partial charge in [0.2, 0.25) is 0 Å². The Labute approximate surface area is 375 Å². The summed E-state index contributed by atoms with van der Waals surface area (Å²) in [5.41, 5.74) is 20.7. The van der Waals surface area contributed by atoms with Crippen molar-refractivity contribution >= 4 is 5.57 Å². The highest BCUT2D eigenvalue weighted by Gasteiger charge is 2.52. The van der Waals surface area contributed by atoms with Crippen molar-refractivity contribution in [3.63, 3.8) is 0 Å². The van der Waals surface area contributed by atoms with Gasteiger partial charge >= 0.3 is 0 Å². The highest BCUT2D eigenvalue weighted by Crippen LogP contribution is 2.64. The molecule has 0 amide bonds. The second-order valence-electron chi connectivity index (χ2n) is 17.5. The summed E-state index contributed by atoms with van der Waals surface area (Å²) in [5.74, 6) is 2.11. The van der Waals surface area contributed by atoms with Crippen LogP contribution in [0.3, 0.4) is 0 Å². The Kier molecular flexibility index (Phi) is 9.05. The maximum Gasteiger partial charge on any atom is 0.163 e. The summed E-state index contributed by atoms with van der Waals surface area (Å²) in [6.07, 6.45) is 7.82. The molecule has 0 radical (unpaired) electrons. The molecular formula is C61H45N3. The summed E-state index contributed by atoms with van der Waals surface area (Å²) >= 11 is 0. The van der Waals surface area contributed by atoms with Crippen molar-refractivity contribution in [3.05, 3.63) is 263 Å². The van der Waals surface area contributed by atoms with Crippen LogP contribution >= 0.6 is 0 Å². The predicted molar refractivity (Wildman–Crippen MR) is 262 cm³/mol. The number of hydrogen-bond acceptors (Lipinski definition) is 3. The fourth-order valence-corrected chi connectivity index (χ4v) is 11.0. The van der Waals surface area contributed by atoms with Gasteiger partial charge in [-0.05, 0) is 96.8 Å². The van der Waals surface area contributed by atoms with Gasteiger partial charge in [0.15, 0.2) is 11.6 Å². The van der Waals surface area contributed by atoms with Crippen molar-refractivity contribution in [2.45, 2.75) is 37.5 Å². The van der Waals surface area contributed by atoms with E-state index in [0.29, 0.717) is 11.6 Å². The molecule has 64 heavy (non-hydrogen) atoms. The Morgan fingerprint density at radius 2 is 1.02 bits per heavy atom. The molecule has 0 saturated carbocycles. The zero-order valence-electron chi connectivity index (χ0n) is 35.9. The molecule has 0 aliphatic heterocycles. The summed E-state index contributed by atoms with van der Waals surface area (Å²) < 4.78 is 0. The van der Waals surface area contributed by atoms with E-state index in [4.69, 9.17) is 15.0 Å². The minimum absolute atomic E-state index is 0.224. The van der Waals surface area contributed by atoms with Crippen LogP contribution < -0.4 is 0 Å². The Morgan fingerprint density at radius 3 is 1.62 bits per heavy atom. The largest absolute Gasteiger partial charge is 0.212 e. The van der Waals surface area contributed by atoms with Crippen LogP contribution in [0, 0.1) is 6.92 Å². The maximum absolute atomic E-state index is 5.40. The van der Waals surface area contributed by atoms with E-state index < -0.39 is 5.41 Å². The van der Waals surface area contributed by atoms with Crippen LogP contribution in [0.4, 0.5) is 0 Å². The maximum atomic E-state index is 5.40. The minimum Gasteiger partial charge on any atom is -0.212 e. The van der Waals surface area contributed by atoms with Gasteiger partial charge in [0.1, 0.15) is 5.82 Å². The zero-order valence-corrected chi connectivity index (χ0v) is 35.9. The van der Waals surface area contributed by atoms with E-state index >= 15 is 0 Å². The molecule has 1 heterocycles. The van der Waals surface area contributed by atoms with Gasteiger partial charge in [-0.15, -0.1) is 0 Å². The lowest BCUT2D eigenvalue weighted by molar-refractivity contribution is 0.784. The molecule has 0 bridgehead atoms. The van der Waals surface area contributed by atoms with Crippen molar-refractivity contribution in [2.24, 2.45) is 0 Å². The third-order valence-electron chi connectivity index (χ3n) is 13.9. The Morgan fingerprint density at radius 1 is 0.484 bits per heavy atom. The Balaban J connectivity index is 1.12. The molecule has 1 aromatic heterocycles. The molecule has 304 valence electrons. The lowest BCUT2D eigenvalue weighted by atomic mass is 9.70. The molecule has 3 nitrogen and oxygen atoms in total.